The van der Waals surface area contributed by atoms with E-state index >= 15 is 0 Å². The molecule has 1 aliphatic rings. The first-order valence-corrected chi connectivity index (χ1v) is 16.5. The van der Waals surface area contributed by atoms with Crippen molar-refractivity contribution in [1.82, 2.24) is 9.97 Å². The molecular weight excluding hydrogens is 603 g/mol. The Morgan fingerprint density at radius 2 is 0.939 bits per heavy atom. The van der Waals surface area contributed by atoms with Crippen molar-refractivity contribution in [2.45, 2.75) is 27.7 Å². The Morgan fingerprint density at radius 3 is 1.49 bits per heavy atom. The molecule has 0 unspecified atom stereocenters. The van der Waals surface area contributed by atoms with E-state index in [1.54, 1.807) is 30.3 Å². The Labute approximate surface area is 283 Å². The van der Waals surface area contributed by atoms with Crippen LogP contribution in [0.3, 0.4) is 0 Å². The Kier molecular flexibility index (Phi) is 6.30. The molecule has 0 aliphatic heterocycles. The van der Waals surface area contributed by atoms with E-state index in [1.807, 2.05) is 33.8 Å². The van der Waals surface area contributed by atoms with Crippen molar-refractivity contribution in [2.24, 2.45) is 0 Å². The molecule has 5 heteroatoms. The van der Waals surface area contributed by atoms with Crippen molar-refractivity contribution in [3.63, 3.8) is 0 Å². The molecule has 0 spiro atoms. The predicted molar refractivity (Wildman–Crippen MR) is 200 cm³/mol. The molecule has 0 bridgehead atoms. The van der Waals surface area contributed by atoms with Crippen LogP contribution in [0.25, 0.3) is 49.2 Å². The number of anilines is 3. The van der Waals surface area contributed by atoms with E-state index in [1.165, 1.54) is 5.39 Å². The molecule has 2 aromatic heterocycles. The number of hydrogen-bond acceptors (Lipinski definition) is 5. The standard InChI is InChI=1S/C44H31N3O2/c1-24-19-29(20-25(2)45-24)47(30-21-26(3)46-27(4)22-30)40-18-17-35-32-12-7-11-31-28(23-39-43(48)36-9-5-6-10-37(36)44(39)49)15-16-34(41(31)32)33-13-8-14-38(40)42(33)35/h5-23H,1-4H3. The topological polar surface area (TPSA) is 63.2 Å². The summed E-state index contributed by atoms with van der Waals surface area (Å²) < 4.78 is 0. The molecule has 0 radical (unpaired) electrons. The van der Waals surface area contributed by atoms with Crippen LogP contribution in [0, 0.1) is 27.7 Å². The number of fused-ring (bicyclic) bond motifs is 3. The summed E-state index contributed by atoms with van der Waals surface area (Å²) in [7, 11) is 0. The van der Waals surface area contributed by atoms with Gasteiger partial charge in [-0.15, -0.1) is 0 Å². The highest BCUT2D eigenvalue weighted by Gasteiger charge is 2.32. The van der Waals surface area contributed by atoms with Crippen molar-refractivity contribution >= 4 is 77.8 Å². The maximum absolute atomic E-state index is 13.3. The molecule has 6 aromatic carbocycles. The van der Waals surface area contributed by atoms with Gasteiger partial charge in [-0.1, -0.05) is 78.9 Å². The van der Waals surface area contributed by atoms with Crippen molar-refractivity contribution in [3.8, 4) is 0 Å². The van der Waals surface area contributed by atoms with E-state index in [0.717, 1.165) is 83.1 Å². The molecule has 234 valence electrons. The molecule has 5 nitrogen and oxygen atoms in total. The molecule has 0 saturated carbocycles. The number of nitrogens with zero attached hydrogens (tertiary/aromatic N) is 3. The van der Waals surface area contributed by atoms with E-state index in [0.29, 0.717) is 11.1 Å². The van der Waals surface area contributed by atoms with Crippen molar-refractivity contribution in [2.75, 3.05) is 4.90 Å². The first kappa shape index (κ1) is 29.0. The van der Waals surface area contributed by atoms with Gasteiger partial charge in [-0.25, -0.2) is 0 Å². The van der Waals surface area contributed by atoms with Crippen LogP contribution in [0.15, 0.2) is 115 Å². The van der Waals surface area contributed by atoms with Gasteiger partial charge in [0.05, 0.1) is 11.3 Å². The Morgan fingerprint density at radius 1 is 0.490 bits per heavy atom. The van der Waals surface area contributed by atoms with E-state index in [2.05, 4.69) is 93.7 Å². The number of pyridine rings is 2. The fraction of sp³-hybridized carbons (Fsp3) is 0.0909. The third-order valence-corrected chi connectivity index (χ3v) is 9.77. The third-order valence-electron chi connectivity index (χ3n) is 9.77. The van der Waals surface area contributed by atoms with Crippen LogP contribution < -0.4 is 4.90 Å². The third kappa shape index (κ3) is 4.39. The van der Waals surface area contributed by atoms with Gasteiger partial charge >= 0.3 is 0 Å². The predicted octanol–water partition coefficient (Wildman–Crippen LogP) is 10.7. The smallest absolute Gasteiger partial charge is 0.197 e. The zero-order valence-electron chi connectivity index (χ0n) is 27.6. The molecular formula is C44H31N3O2. The summed E-state index contributed by atoms with van der Waals surface area (Å²) in [6, 6.07) is 37.1. The van der Waals surface area contributed by atoms with Gasteiger partial charge in [0.1, 0.15) is 0 Å². The Balaban J connectivity index is 1.30. The summed E-state index contributed by atoms with van der Waals surface area (Å²) in [4.78, 5) is 38.3. The highest BCUT2D eigenvalue weighted by Crippen LogP contribution is 2.47. The number of rotatable bonds is 4. The molecule has 0 fully saturated rings. The Bertz CT molecular complexity index is 2610. The zero-order chi connectivity index (χ0) is 33.6. The SMILES string of the molecule is Cc1cc(N(c2cc(C)nc(C)c2)c2ccc3c4cccc5c(C=C6C(=O)c7ccccc7C6=O)ccc(c6cccc2c63)c54)cc(C)n1. The number of Topliss-reactive ketones (excluding diaryl/α,β-unsaturated/α-hetero) is 2. The number of benzene rings is 6. The second-order valence-electron chi connectivity index (χ2n) is 13.1. The minimum absolute atomic E-state index is 0.215. The van der Waals surface area contributed by atoms with E-state index in [4.69, 9.17) is 0 Å². The largest absolute Gasteiger partial charge is 0.310 e. The fourth-order valence-electron chi connectivity index (χ4n) is 7.91. The van der Waals surface area contributed by atoms with Crippen molar-refractivity contribution in [3.05, 3.63) is 154 Å². The normalized spacial score (nSPS) is 12.9. The number of aromatic nitrogens is 2. The number of aryl methyl sites for hydroxylation is 4. The van der Waals surface area contributed by atoms with Gasteiger partial charge in [0.15, 0.2) is 11.6 Å². The molecule has 9 rings (SSSR count). The minimum atomic E-state index is -0.215. The van der Waals surface area contributed by atoms with Crippen molar-refractivity contribution < 1.29 is 9.59 Å². The molecule has 0 saturated heterocycles. The van der Waals surface area contributed by atoms with Gasteiger partial charge in [0.2, 0.25) is 0 Å². The van der Waals surface area contributed by atoms with E-state index in [-0.39, 0.29) is 17.1 Å². The van der Waals surface area contributed by atoms with Crippen LogP contribution in [0.5, 0.6) is 0 Å². The van der Waals surface area contributed by atoms with Crippen LogP contribution >= 0.6 is 0 Å². The molecule has 49 heavy (non-hydrogen) atoms. The van der Waals surface area contributed by atoms with Gasteiger partial charge < -0.3 is 4.90 Å². The zero-order valence-corrected chi connectivity index (χ0v) is 27.6. The summed E-state index contributed by atoms with van der Waals surface area (Å²) in [6.45, 7) is 8.14. The minimum Gasteiger partial charge on any atom is -0.310 e. The monoisotopic (exact) mass is 633 g/mol. The quantitative estimate of drug-likeness (QED) is 0.0835. The number of allylic oxidation sites excluding steroid dienone is 1. The fourth-order valence-corrected chi connectivity index (χ4v) is 7.91. The highest BCUT2D eigenvalue weighted by atomic mass is 16.2. The lowest BCUT2D eigenvalue weighted by Gasteiger charge is -2.28. The maximum Gasteiger partial charge on any atom is 0.197 e. The second kappa shape index (κ2) is 10.7. The summed E-state index contributed by atoms with van der Waals surface area (Å²) in [5.74, 6) is -0.431. The number of carbonyl (C=O) groups excluding carboxylic acids is 2. The average Bonchev–Trinajstić information content (AvgIpc) is 3.32. The molecule has 0 amide bonds. The highest BCUT2D eigenvalue weighted by molar-refractivity contribution is 6.42. The lowest BCUT2D eigenvalue weighted by molar-refractivity contribution is 0.0990. The average molecular weight is 634 g/mol. The van der Waals surface area contributed by atoms with E-state index < -0.39 is 0 Å². The van der Waals surface area contributed by atoms with Crippen LogP contribution in [0.1, 0.15) is 49.1 Å². The molecule has 8 aromatic rings. The van der Waals surface area contributed by atoms with Crippen LogP contribution in [-0.4, -0.2) is 21.5 Å². The lowest BCUT2D eigenvalue weighted by atomic mass is 9.87. The van der Waals surface area contributed by atoms with Crippen LogP contribution in [-0.2, 0) is 0 Å². The number of carbonyl (C=O) groups is 2. The van der Waals surface area contributed by atoms with E-state index in [9.17, 15) is 9.59 Å². The summed E-state index contributed by atoms with van der Waals surface area (Å²) >= 11 is 0. The van der Waals surface area contributed by atoms with Gasteiger partial charge in [-0.3, -0.25) is 19.6 Å². The summed E-state index contributed by atoms with van der Waals surface area (Å²) in [5, 5.41) is 9.04. The maximum atomic E-state index is 13.3. The summed E-state index contributed by atoms with van der Waals surface area (Å²) in [5.41, 5.74) is 9.02. The first-order valence-electron chi connectivity index (χ1n) is 16.5. The van der Waals surface area contributed by atoms with Crippen molar-refractivity contribution in [1.29, 1.82) is 0 Å². The van der Waals surface area contributed by atoms with Gasteiger partial charge in [0.25, 0.3) is 0 Å². The van der Waals surface area contributed by atoms with Gasteiger partial charge in [-0.05, 0) is 107 Å². The van der Waals surface area contributed by atoms with Gasteiger partial charge in [0, 0.05) is 50.7 Å². The second-order valence-corrected chi connectivity index (χ2v) is 13.1. The number of ketones is 2. The molecule has 1 aliphatic carbocycles. The van der Waals surface area contributed by atoms with Crippen LogP contribution in [0.4, 0.5) is 17.1 Å². The Hall–Kier alpha value is -6.20. The van der Waals surface area contributed by atoms with Gasteiger partial charge in [-0.2, -0.15) is 0 Å². The lowest BCUT2D eigenvalue weighted by Crippen LogP contribution is -2.12. The molecule has 2 heterocycles. The van der Waals surface area contributed by atoms with Crippen LogP contribution in [0.2, 0.25) is 0 Å². The molecule has 0 atom stereocenters. The summed E-state index contributed by atoms with van der Waals surface area (Å²) in [6.07, 6.45) is 1.78. The molecule has 0 N–H and O–H groups in total. The number of hydrogen-bond donors (Lipinski definition) is 0. The first-order chi connectivity index (χ1) is 23.8.